The van der Waals surface area contributed by atoms with Gasteiger partial charge in [0.05, 0.1) is 0 Å². The molecular formula is C15H19NO. The molecule has 0 saturated heterocycles. The number of nitrogens with zero attached hydrogens (tertiary/aromatic N) is 1. The summed E-state index contributed by atoms with van der Waals surface area (Å²) >= 11 is 0. The minimum atomic E-state index is 0.264. The Morgan fingerprint density at radius 2 is 2.00 bits per heavy atom. The van der Waals surface area contributed by atoms with Gasteiger partial charge in [-0.25, -0.2) is 0 Å². The van der Waals surface area contributed by atoms with Crippen molar-refractivity contribution < 1.29 is 4.79 Å². The van der Waals surface area contributed by atoms with Crippen LogP contribution in [0, 0.1) is 0 Å². The van der Waals surface area contributed by atoms with E-state index in [1.807, 2.05) is 23.1 Å². The molecule has 0 N–H and O–H groups in total. The number of unbranched alkanes of at least 4 members (excludes halogenated alkanes) is 1. The third-order valence-electron chi connectivity index (χ3n) is 3.09. The van der Waals surface area contributed by atoms with Gasteiger partial charge >= 0.3 is 0 Å². The summed E-state index contributed by atoms with van der Waals surface area (Å²) in [7, 11) is 0. The highest BCUT2D eigenvalue weighted by Gasteiger charge is 2.21. The summed E-state index contributed by atoms with van der Waals surface area (Å²) in [6.07, 6.45) is 5.89. The first-order valence-corrected chi connectivity index (χ1v) is 6.39. The minimum absolute atomic E-state index is 0.264. The van der Waals surface area contributed by atoms with Gasteiger partial charge in [0.15, 0.2) is 0 Å². The highest BCUT2D eigenvalue weighted by molar-refractivity contribution is 5.89. The lowest BCUT2D eigenvalue weighted by Gasteiger charge is -2.29. The second kappa shape index (κ2) is 5.67. The summed E-state index contributed by atoms with van der Waals surface area (Å²) < 4.78 is 0. The zero-order chi connectivity index (χ0) is 12.1. The largest absolute Gasteiger partial charge is 0.312 e. The quantitative estimate of drug-likeness (QED) is 0.774. The van der Waals surface area contributed by atoms with E-state index in [0.717, 1.165) is 37.1 Å². The average Bonchev–Trinajstić information content (AvgIpc) is 2.38. The van der Waals surface area contributed by atoms with Gasteiger partial charge in [0.25, 0.3) is 0 Å². The third-order valence-corrected chi connectivity index (χ3v) is 3.09. The molecule has 90 valence electrons. The molecule has 0 spiro atoms. The Bertz CT molecular complexity index is 408. The zero-order valence-corrected chi connectivity index (χ0v) is 10.4. The number of rotatable bonds is 4. The van der Waals surface area contributed by atoms with Gasteiger partial charge in [-0.05, 0) is 18.4 Å². The van der Waals surface area contributed by atoms with E-state index in [4.69, 9.17) is 0 Å². The Kier molecular flexibility index (Phi) is 3.97. The van der Waals surface area contributed by atoms with Crippen molar-refractivity contribution in [1.29, 1.82) is 0 Å². The first-order valence-electron chi connectivity index (χ1n) is 6.39. The topological polar surface area (TPSA) is 20.3 Å². The van der Waals surface area contributed by atoms with Crippen molar-refractivity contribution in [3.8, 4) is 0 Å². The van der Waals surface area contributed by atoms with Crippen LogP contribution in [0.2, 0.25) is 0 Å². The molecule has 1 heterocycles. The van der Waals surface area contributed by atoms with Crippen LogP contribution in [0.4, 0.5) is 0 Å². The highest BCUT2D eigenvalue weighted by Crippen LogP contribution is 2.25. The van der Waals surface area contributed by atoms with E-state index < -0.39 is 0 Å². The van der Waals surface area contributed by atoms with Crippen molar-refractivity contribution >= 4 is 11.6 Å². The Hall–Kier alpha value is -1.57. The molecule has 0 aliphatic carbocycles. The molecule has 1 aliphatic heterocycles. The van der Waals surface area contributed by atoms with E-state index in [1.165, 1.54) is 0 Å². The van der Waals surface area contributed by atoms with E-state index >= 15 is 0 Å². The van der Waals surface area contributed by atoms with Crippen LogP contribution >= 0.6 is 0 Å². The molecule has 17 heavy (non-hydrogen) atoms. The summed E-state index contributed by atoms with van der Waals surface area (Å²) in [6.45, 7) is 3.00. The van der Waals surface area contributed by atoms with Gasteiger partial charge in [0.2, 0.25) is 5.91 Å². The summed E-state index contributed by atoms with van der Waals surface area (Å²) in [5, 5.41) is 0. The molecule has 0 atom stereocenters. The van der Waals surface area contributed by atoms with Gasteiger partial charge in [-0.15, -0.1) is 0 Å². The fraction of sp³-hybridized carbons (Fsp3) is 0.400. The van der Waals surface area contributed by atoms with Crippen LogP contribution in [0.5, 0.6) is 0 Å². The molecule has 0 fully saturated rings. The van der Waals surface area contributed by atoms with Crippen molar-refractivity contribution in [1.82, 2.24) is 4.90 Å². The normalized spacial score (nSPS) is 15.9. The Morgan fingerprint density at radius 3 is 2.71 bits per heavy atom. The maximum Gasteiger partial charge on any atom is 0.227 e. The van der Waals surface area contributed by atoms with Crippen molar-refractivity contribution in [3.63, 3.8) is 0 Å². The molecule has 2 rings (SSSR count). The molecule has 0 bridgehead atoms. The van der Waals surface area contributed by atoms with Gasteiger partial charge in [-0.1, -0.05) is 49.8 Å². The number of carbonyl (C=O) groups is 1. The third kappa shape index (κ3) is 2.76. The first kappa shape index (κ1) is 11.9. The SMILES string of the molecule is CCCCN1C(=O)CCC=C1c1ccccc1. The van der Waals surface area contributed by atoms with Crippen LogP contribution in [-0.2, 0) is 4.79 Å². The monoisotopic (exact) mass is 229 g/mol. The van der Waals surface area contributed by atoms with Gasteiger partial charge in [0, 0.05) is 18.7 Å². The van der Waals surface area contributed by atoms with E-state index in [2.05, 4.69) is 25.1 Å². The van der Waals surface area contributed by atoms with E-state index in [-0.39, 0.29) is 5.91 Å². The van der Waals surface area contributed by atoms with E-state index in [9.17, 15) is 4.79 Å². The van der Waals surface area contributed by atoms with E-state index in [0.29, 0.717) is 6.42 Å². The Balaban J connectivity index is 2.23. The second-order valence-corrected chi connectivity index (χ2v) is 4.39. The van der Waals surface area contributed by atoms with Crippen molar-refractivity contribution in [2.24, 2.45) is 0 Å². The summed E-state index contributed by atoms with van der Waals surface area (Å²) in [4.78, 5) is 13.9. The maximum atomic E-state index is 12.0. The molecular weight excluding hydrogens is 210 g/mol. The number of hydrogen-bond acceptors (Lipinski definition) is 1. The fourth-order valence-electron chi connectivity index (χ4n) is 2.16. The summed E-state index contributed by atoms with van der Waals surface area (Å²) in [6, 6.07) is 10.2. The molecule has 0 saturated carbocycles. The highest BCUT2D eigenvalue weighted by atomic mass is 16.2. The number of hydrogen-bond donors (Lipinski definition) is 0. The second-order valence-electron chi connectivity index (χ2n) is 4.39. The zero-order valence-electron chi connectivity index (χ0n) is 10.4. The molecule has 2 nitrogen and oxygen atoms in total. The predicted molar refractivity (Wildman–Crippen MR) is 70.3 cm³/mol. The predicted octanol–water partition coefficient (Wildman–Crippen LogP) is 3.45. The van der Waals surface area contributed by atoms with Gasteiger partial charge in [0.1, 0.15) is 0 Å². The molecule has 2 heteroatoms. The minimum Gasteiger partial charge on any atom is -0.312 e. The Morgan fingerprint density at radius 1 is 1.24 bits per heavy atom. The first-order chi connectivity index (χ1) is 8.33. The van der Waals surface area contributed by atoms with Crippen LogP contribution in [-0.4, -0.2) is 17.4 Å². The molecule has 1 amide bonds. The molecule has 0 unspecified atom stereocenters. The van der Waals surface area contributed by atoms with Crippen LogP contribution in [0.25, 0.3) is 5.70 Å². The lowest BCUT2D eigenvalue weighted by Crippen LogP contribution is -2.32. The molecule has 1 aliphatic rings. The van der Waals surface area contributed by atoms with Gasteiger partial charge < -0.3 is 4.90 Å². The summed E-state index contributed by atoms with van der Waals surface area (Å²) in [5.41, 5.74) is 2.24. The van der Waals surface area contributed by atoms with Crippen molar-refractivity contribution in [3.05, 3.63) is 42.0 Å². The van der Waals surface area contributed by atoms with E-state index in [1.54, 1.807) is 0 Å². The lowest BCUT2D eigenvalue weighted by molar-refractivity contribution is -0.128. The van der Waals surface area contributed by atoms with Crippen LogP contribution < -0.4 is 0 Å². The number of amides is 1. The Labute approximate surface area is 103 Å². The van der Waals surface area contributed by atoms with Crippen LogP contribution in [0.3, 0.4) is 0 Å². The standard InChI is InChI=1S/C15H19NO/c1-2-3-12-16-14(10-7-11-15(16)17)13-8-5-4-6-9-13/h4-6,8-10H,2-3,7,11-12H2,1H3. The van der Waals surface area contributed by atoms with Crippen LogP contribution in [0.15, 0.2) is 36.4 Å². The van der Waals surface area contributed by atoms with Gasteiger partial charge in [-0.3, -0.25) is 4.79 Å². The molecule has 0 radical (unpaired) electrons. The molecule has 0 aromatic heterocycles. The number of allylic oxidation sites excluding steroid dienone is 1. The fourth-order valence-corrected chi connectivity index (χ4v) is 2.16. The van der Waals surface area contributed by atoms with Crippen LogP contribution in [0.1, 0.15) is 38.2 Å². The summed E-state index contributed by atoms with van der Waals surface area (Å²) in [5.74, 6) is 0.264. The van der Waals surface area contributed by atoms with Crippen molar-refractivity contribution in [2.45, 2.75) is 32.6 Å². The van der Waals surface area contributed by atoms with Gasteiger partial charge in [-0.2, -0.15) is 0 Å². The molecule has 1 aromatic carbocycles. The number of benzene rings is 1. The maximum absolute atomic E-state index is 12.0. The average molecular weight is 229 g/mol. The lowest BCUT2D eigenvalue weighted by atomic mass is 10.0. The van der Waals surface area contributed by atoms with Crippen molar-refractivity contribution in [2.75, 3.05) is 6.54 Å². The smallest absolute Gasteiger partial charge is 0.227 e. The number of carbonyl (C=O) groups excluding carboxylic acids is 1. The molecule has 1 aromatic rings.